The van der Waals surface area contributed by atoms with Crippen LogP contribution >= 0.6 is 11.6 Å². The van der Waals surface area contributed by atoms with Crippen molar-refractivity contribution in [2.24, 2.45) is 0 Å². The van der Waals surface area contributed by atoms with E-state index in [1.54, 1.807) is 6.92 Å². The molecule has 5 rings (SSSR count). The number of carbonyl (C=O) groups excluding carboxylic acids is 1. The van der Waals surface area contributed by atoms with Gasteiger partial charge >= 0.3 is 6.18 Å². The number of benzene rings is 1. The van der Waals surface area contributed by atoms with Gasteiger partial charge in [0.05, 0.1) is 18.0 Å². The average molecular weight is 592 g/mol. The average Bonchev–Trinajstić information content (AvgIpc) is 3.45. The van der Waals surface area contributed by atoms with E-state index in [1.165, 1.54) is 21.3 Å². The Morgan fingerprint density at radius 3 is 2.33 bits per heavy atom. The molecule has 0 bridgehead atoms. The molecule has 0 spiro atoms. The molecule has 39 heavy (non-hydrogen) atoms. The molecule has 2 aliphatic heterocycles. The van der Waals surface area contributed by atoms with Gasteiger partial charge in [-0.05, 0) is 55.5 Å². The predicted molar refractivity (Wildman–Crippen MR) is 136 cm³/mol. The van der Waals surface area contributed by atoms with Crippen LogP contribution in [0.25, 0.3) is 0 Å². The van der Waals surface area contributed by atoms with Gasteiger partial charge in [0.25, 0.3) is 0 Å². The first kappa shape index (κ1) is 28.3. The largest absolute Gasteiger partial charge is 0.433 e. The molecule has 3 aliphatic rings. The maximum Gasteiger partial charge on any atom is 0.433 e. The number of aromatic nitrogens is 2. The third-order valence-corrected chi connectivity index (χ3v) is 9.65. The van der Waals surface area contributed by atoms with Crippen LogP contribution in [0.1, 0.15) is 53.7 Å². The number of carbonyl (C=O) groups is 1. The summed E-state index contributed by atoms with van der Waals surface area (Å²) in [5, 5.41) is 4.41. The van der Waals surface area contributed by atoms with E-state index in [0.717, 1.165) is 29.8 Å². The van der Waals surface area contributed by atoms with Crippen LogP contribution in [0.15, 0.2) is 18.2 Å². The number of alkyl halides is 3. The second-order valence-corrected chi connectivity index (χ2v) is 13.0. The van der Waals surface area contributed by atoms with Crippen molar-refractivity contribution in [2.75, 3.05) is 39.0 Å². The molecule has 0 radical (unpaired) electrons. The van der Waals surface area contributed by atoms with Crippen molar-refractivity contribution in [3.05, 3.63) is 51.6 Å². The first-order valence-corrected chi connectivity index (χ1v) is 15.1. The third kappa shape index (κ3) is 5.82. The Balaban J connectivity index is 1.45. The Morgan fingerprint density at radius 1 is 1.08 bits per heavy atom. The van der Waals surface area contributed by atoms with Crippen molar-refractivity contribution in [3.63, 3.8) is 0 Å². The van der Waals surface area contributed by atoms with Crippen LogP contribution in [-0.2, 0) is 27.5 Å². The van der Waals surface area contributed by atoms with Crippen molar-refractivity contribution in [2.45, 2.75) is 56.9 Å². The summed E-state index contributed by atoms with van der Waals surface area (Å²) in [6, 6.07) is 2.52. The summed E-state index contributed by atoms with van der Waals surface area (Å²) >= 11 is 6.62. The number of nitrogens with zero attached hydrogens (tertiary/aromatic N) is 5. The number of sulfonamides is 1. The van der Waals surface area contributed by atoms with Gasteiger partial charge in [0.15, 0.2) is 0 Å². The Bertz CT molecular complexity index is 1370. The van der Waals surface area contributed by atoms with Crippen LogP contribution in [0.5, 0.6) is 0 Å². The van der Waals surface area contributed by atoms with E-state index in [2.05, 4.69) is 10.00 Å². The van der Waals surface area contributed by atoms with Gasteiger partial charge in [0, 0.05) is 49.7 Å². The summed E-state index contributed by atoms with van der Waals surface area (Å²) in [5.41, 5.74) is 0.220. The summed E-state index contributed by atoms with van der Waals surface area (Å²) in [6.45, 7) is 2.57. The monoisotopic (exact) mass is 591 g/mol. The highest BCUT2D eigenvalue weighted by molar-refractivity contribution is 7.88. The van der Waals surface area contributed by atoms with Crippen molar-refractivity contribution in [1.82, 2.24) is 23.9 Å². The van der Waals surface area contributed by atoms with E-state index < -0.39 is 46.2 Å². The molecule has 214 valence electrons. The maximum absolute atomic E-state index is 14.6. The fourth-order valence-electron chi connectivity index (χ4n) is 5.73. The van der Waals surface area contributed by atoms with Crippen LogP contribution in [0.2, 0.25) is 5.02 Å². The number of aryl methyl sites for hydroxylation is 1. The molecule has 2 saturated heterocycles. The lowest BCUT2D eigenvalue weighted by Crippen LogP contribution is -2.53. The van der Waals surface area contributed by atoms with Crippen molar-refractivity contribution in [3.8, 4) is 0 Å². The van der Waals surface area contributed by atoms with Crippen LogP contribution in [0.4, 0.5) is 17.6 Å². The Hall–Kier alpha value is -2.22. The number of likely N-dealkylation sites (tertiary alicyclic amines) is 1. The molecule has 2 aromatic rings. The predicted octanol–water partition coefficient (Wildman–Crippen LogP) is 3.80. The zero-order chi connectivity index (χ0) is 28.3. The summed E-state index contributed by atoms with van der Waals surface area (Å²) < 4.78 is 82.0. The number of piperazine rings is 1. The second kappa shape index (κ2) is 10.3. The number of hydrogen-bond acceptors (Lipinski definition) is 5. The van der Waals surface area contributed by atoms with Gasteiger partial charge in [0.2, 0.25) is 15.9 Å². The fourth-order valence-corrected chi connectivity index (χ4v) is 6.78. The number of hydrogen-bond donors (Lipinski definition) is 0. The summed E-state index contributed by atoms with van der Waals surface area (Å²) in [7, 11) is -3.36. The Morgan fingerprint density at radius 2 is 1.74 bits per heavy atom. The van der Waals surface area contributed by atoms with Crippen molar-refractivity contribution < 1.29 is 30.8 Å². The molecule has 14 heteroatoms. The highest BCUT2D eigenvalue weighted by Crippen LogP contribution is 2.43. The van der Waals surface area contributed by atoms with E-state index in [4.69, 9.17) is 11.6 Å². The Labute approximate surface area is 229 Å². The first-order chi connectivity index (χ1) is 18.2. The van der Waals surface area contributed by atoms with Gasteiger partial charge in [-0.15, -0.1) is 0 Å². The molecule has 3 heterocycles. The first-order valence-electron chi connectivity index (χ1n) is 12.8. The molecule has 1 amide bonds. The Kier molecular flexibility index (Phi) is 7.49. The van der Waals surface area contributed by atoms with Crippen molar-refractivity contribution >= 4 is 27.5 Å². The van der Waals surface area contributed by atoms with Crippen LogP contribution in [0, 0.1) is 12.7 Å². The fraction of sp³-hybridized carbons (Fsp3) is 0.600. The normalized spacial score (nSPS) is 23.5. The van der Waals surface area contributed by atoms with Gasteiger partial charge < -0.3 is 4.90 Å². The molecule has 1 aliphatic carbocycles. The SMILES string of the molecule is Cc1cc(F)cc([C@@H]2[C@H](N3CCN(S(C)(=O)=O)CC3)CCN2C(=O)Cn2nc(C3CC3)cc2C(F)(F)F)c1Cl. The van der Waals surface area contributed by atoms with E-state index in [-0.39, 0.29) is 36.6 Å². The highest BCUT2D eigenvalue weighted by atomic mass is 35.5. The van der Waals surface area contributed by atoms with E-state index in [0.29, 0.717) is 36.3 Å². The minimum atomic E-state index is -4.67. The van der Waals surface area contributed by atoms with Crippen molar-refractivity contribution in [1.29, 1.82) is 0 Å². The topological polar surface area (TPSA) is 78.8 Å². The lowest BCUT2D eigenvalue weighted by atomic mass is 9.96. The minimum Gasteiger partial charge on any atom is -0.332 e. The number of halogens is 5. The number of rotatable bonds is 6. The van der Waals surface area contributed by atoms with Gasteiger partial charge in [-0.2, -0.15) is 22.6 Å². The molecule has 1 aromatic heterocycles. The molecule has 0 N–H and O–H groups in total. The third-order valence-electron chi connectivity index (χ3n) is 7.83. The standard InChI is InChI=1S/C25H30ClF4N5O3S/c1-15-11-17(27)12-18(23(15)26)24-20(32-7-9-33(10-8-32)39(2,37)38)5-6-34(24)22(36)14-35-21(25(28,29)30)13-19(31-35)16-3-4-16/h11-13,16,20,24H,3-10,14H2,1-2H3/t20-,24-/m1/s1. The molecule has 1 aromatic carbocycles. The minimum absolute atomic E-state index is 0.0222. The zero-order valence-corrected chi connectivity index (χ0v) is 23.2. The maximum atomic E-state index is 14.6. The second-order valence-electron chi connectivity index (χ2n) is 10.6. The lowest BCUT2D eigenvalue weighted by Gasteiger charge is -2.40. The molecule has 1 saturated carbocycles. The van der Waals surface area contributed by atoms with Gasteiger partial charge in [-0.3, -0.25) is 14.4 Å². The van der Waals surface area contributed by atoms with E-state index in [9.17, 15) is 30.8 Å². The van der Waals surface area contributed by atoms with Crippen LogP contribution < -0.4 is 0 Å². The number of amides is 1. The summed E-state index contributed by atoms with van der Waals surface area (Å²) in [5.74, 6) is -1.13. The van der Waals surface area contributed by atoms with Gasteiger partial charge in [-0.1, -0.05) is 11.6 Å². The molecule has 8 nitrogen and oxygen atoms in total. The van der Waals surface area contributed by atoms with Crippen LogP contribution in [0.3, 0.4) is 0 Å². The summed E-state index contributed by atoms with van der Waals surface area (Å²) in [4.78, 5) is 17.1. The highest BCUT2D eigenvalue weighted by Gasteiger charge is 2.45. The zero-order valence-electron chi connectivity index (χ0n) is 21.6. The van der Waals surface area contributed by atoms with E-state index in [1.807, 2.05) is 0 Å². The van der Waals surface area contributed by atoms with Gasteiger partial charge in [0.1, 0.15) is 18.1 Å². The molecule has 3 fully saturated rings. The summed E-state index contributed by atoms with van der Waals surface area (Å²) in [6.07, 6.45) is -1.52. The van der Waals surface area contributed by atoms with Crippen LogP contribution in [-0.4, -0.2) is 83.2 Å². The molecular formula is C25H30ClF4N5O3S. The molecular weight excluding hydrogens is 562 g/mol. The lowest BCUT2D eigenvalue weighted by molar-refractivity contribution is -0.146. The van der Waals surface area contributed by atoms with E-state index >= 15 is 0 Å². The van der Waals surface area contributed by atoms with Gasteiger partial charge in [-0.25, -0.2) is 12.8 Å². The quantitative estimate of drug-likeness (QED) is 0.478. The smallest absolute Gasteiger partial charge is 0.332 e. The molecule has 2 atom stereocenters. The molecule has 0 unspecified atom stereocenters.